The molecule has 8 heteroatoms. The Morgan fingerprint density at radius 2 is 2.21 bits per heavy atom. The first-order valence-corrected chi connectivity index (χ1v) is 10.4. The van der Waals surface area contributed by atoms with E-state index in [0.29, 0.717) is 17.2 Å². The van der Waals surface area contributed by atoms with Crippen molar-refractivity contribution in [2.45, 2.75) is 26.7 Å². The van der Waals surface area contributed by atoms with Gasteiger partial charge >= 0.3 is 0 Å². The molecule has 29 heavy (non-hydrogen) atoms. The van der Waals surface area contributed by atoms with Crippen molar-refractivity contribution in [3.8, 4) is 5.75 Å². The molecule has 0 spiro atoms. The number of amides is 1. The van der Waals surface area contributed by atoms with Crippen LogP contribution in [-0.2, 0) is 0 Å². The number of aromatic nitrogens is 2. The van der Waals surface area contributed by atoms with Gasteiger partial charge in [0, 0.05) is 29.7 Å². The van der Waals surface area contributed by atoms with Crippen LogP contribution < -0.4 is 15.0 Å². The summed E-state index contributed by atoms with van der Waals surface area (Å²) < 4.78 is 19.0. The third-order valence-electron chi connectivity index (χ3n) is 5.24. The van der Waals surface area contributed by atoms with Gasteiger partial charge in [0.2, 0.25) is 0 Å². The minimum Gasteiger partial charge on any atom is -0.494 e. The number of rotatable bonds is 4. The normalized spacial score (nSPS) is 16.8. The molecule has 1 fully saturated rings. The van der Waals surface area contributed by atoms with Crippen LogP contribution in [0.25, 0.3) is 10.2 Å². The number of aryl methyl sites for hydroxylation is 1. The van der Waals surface area contributed by atoms with Gasteiger partial charge in [-0.2, -0.15) is 0 Å². The number of ether oxygens (including phenoxy) is 1. The summed E-state index contributed by atoms with van der Waals surface area (Å²) in [7, 11) is 1.40. The van der Waals surface area contributed by atoms with E-state index in [1.807, 2.05) is 6.92 Å². The SMILES string of the molecule is COc1ccc(NC(=O)c2c(C)sc3ncnc(N4CCCC(C)C4)c23)cc1F. The first-order valence-electron chi connectivity index (χ1n) is 9.62. The summed E-state index contributed by atoms with van der Waals surface area (Å²) in [6.45, 7) is 5.95. The molecule has 6 nitrogen and oxygen atoms in total. The van der Waals surface area contributed by atoms with Crippen molar-refractivity contribution in [2.75, 3.05) is 30.4 Å². The van der Waals surface area contributed by atoms with Gasteiger partial charge in [-0.3, -0.25) is 4.79 Å². The largest absolute Gasteiger partial charge is 0.494 e. The van der Waals surface area contributed by atoms with E-state index in [2.05, 4.69) is 27.1 Å². The zero-order valence-electron chi connectivity index (χ0n) is 16.7. The van der Waals surface area contributed by atoms with Crippen LogP contribution in [0.1, 0.15) is 35.0 Å². The van der Waals surface area contributed by atoms with Gasteiger partial charge in [0.15, 0.2) is 11.6 Å². The molecule has 3 aromatic rings. The van der Waals surface area contributed by atoms with Crippen LogP contribution in [-0.4, -0.2) is 36.1 Å². The second-order valence-corrected chi connectivity index (χ2v) is 8.61. The topological polar surface area (TPSA) is 67.3 Å². The molecular formula is C21H23FN4O2S. The van der Waals surface area contributed by atoms with Gasteiger partial charge in [0.1, 0.15) is 17.0 Å². The van der Waals surface area contributed by atoms with Crippen LogP contribution in [0, 0.1) is 18.7 Å². The Hall–Kier alpha value is -2.74. The van der Waals surface area contributed by atoms with E-state index in [1.165, 1.54) is 37.0 Å². The van der Waals surface area contributed by atoms with Crippen LogP contribution in [0.3, 0.4) is 0 Å². The predicted octanol–water partition coefficient (Wildman–Crippen LogP) is 4.64. The third-order valence-corrected chi connectivity index (χ3v) is 6.25. The van der Waals surface area contributed by atoms with Crippen molar-refractivity contribution in [3.63, 3.8) is 0 Å². The number of anilines is 2. The number of fused-ring (bicyclic) bond motifs is 1. The van der Waals surface area contributed by atoms with Gasteiger partial charge in [-0.05, 0) is 37.8 Å². The molecular weight excluding hydrogens is 391 g/mol. The van der Waals surface area contributed by atoms with Gasteiger partial charge in [-0.15, -0.1) is 11.3 Å². The molecule has 1 aliphatic heterocycles. The molecule has 2 aromatic heterocycles. The Bertz CT molecular complexity index is 1070. The maximum atomic E-state index is 14.0. The predicted molar refractivity (Wildman–Crippen MR) is 114 cm³/mol. The number of carbonyl (C=O) groups is 1. The number of carbonyl (C=O) groups excluding carboxylic acids is 1. The van der Waals surface area contributed by atoms with E-state index in [4.69, 9.17) is 4.74 Å². The van der Waals surface area contributed by atoms with Crippen molar-refractivity contribution < 1.29 is 13.9 Å². The number of piperidine rings is 1. The summed E-state index contributed by atoms with van der Waals surface area (Å²) in [6, 6.07) is 4.37. The lowest BCUT2D eigenvalue weighted by Gasteiger charge is -2.32. The zero-order chi connectivity index (χ0) is 20.5. The van der Waals surface area contributed by atoms with Crippen LogP contribution in [0.2, 0.25) is 0 Å². The molecule has 0 radical (unpaired) electrons. The minimum atomic E-state index is -0.525. The fraction of sp³-hybridized carbons (Fsp3) is 0.381. The molecule has 152 valence electrons. The summed E-state index contributed by atoms with van der Waals surface area (Å²) in [6.07, 6.45) is 3.86. The number of benzene rings is 1. The summed E-state index contributed by atoms with van der Waals surface area (Å²) >= 11 is 1.47. The van der Waals surface area contributed by atoms with Gasteiger partial charge in [0.25, 0.3) is 5.91 Å². The van der Waals surface area contributed by atoms with Crippen molar-refractivity contribution in [2.24, 2.45) is 5.92 Å². The average molecular weight is 415 g/mol. The Morgan fingerprint density at radius 1 is 1.38 bits per heavy atom. The summed E-state index contributed by atoms with van der Waals surface area (Å²) in [4.78, 5) is 26.0. The van der Waals surface area contributed by atoms with Crippen molar-refractivity contribution >= 4 is 39.0 Å². The van der Waals surface area contributed by atoms with Crippen molar-refractivity contribution in [1.29, 1.82) is 0 Å². The second kappa shape index (κ2) is 7.94. The molecule has 1 aliphatic rings. The first kappa shape index (κ1) is 19.6. The monoisotopic (exact) mass is 414 g/mol. The highest BCUT2D eigenvalue weighted by molar-refractivity contribution is 7.19. The minimum absolute atomic E-state index is 0.134. The van der Waals surface area contributed by atoms with Gasteiger partial charge < -0.3 is 15.0 Å². The zero-order valence-corrected chi connectivity index (χ0v) is 17.5. The van der Waals surface area contributed by atoms with E-state index < -0.39 is 5.82 Å². The van der Waals surface area contributed by atoms with Crippen LogP contribution in [0.4, 0.5) is 15.9 Å². The third kappa shape index (κ3) is 3.76. The fourth-order valence-corrected chi connectivity index (χ4v) is 4.84. The lowest BCUT2D eigenvalue weighted by atomic mass is 10.00. The quantitative estimate of drug-likeness (QED) is 0.674. The molecule has 1 aromatic carbocycles. The van der Waals surface area contributed by atoms with E-state index in [9.17, 15) is 9.18 Å². The Labute approximate surface area is 172 Å². The number of halogens is 1. The Morgan fingerprint density at radius 3 is 2.93 bits per heavy atom. The number of thiophene rings is 1. The molecule has 0 bridgehead atoms. The Balaban J connectivity index is 1.72. The molecule has 1 saturated heterocycles. The molecule has 0 aliphatic carbocycles. The first-order chi connectivity index (χ1) is 14.0. The number of hydrogen-bond acceptors (Lipinski definition) is 6. The molecule has 3 heterocycles. The van der Waals surface area contributed by atoms with E-state index in [0.717, 1.165) is 40.4 Å². The average Bonchev–Trinajstić information content (AvgIpc) is 3.04. The number of nitrogens with zero attached hydrogens (tertiary/aromatic N) is 3. The number of nitrogens with one attached hydrogen (secondary N) is 1. The maximum Gasteiger partial charge on any atom is 0.257 e. The molecule has 1 atom stereocenters. The van der Waals surface area contributed by atoms with Crippen molar-refractivity contribution in [3.05, 3.63) is 40.8 Å². The molecule has 0 saturated carbocycles. The lowest BCUT2D eigenvalue weighted by molar-refractivity contribution is 0.102. The molecule has 4 rings (SSSR count). The molecule has 1 amide bonds. The van der Waals surface area contributed by atoms with Gasteiger partial charge in [-0.1, -0.05) is 6.92 Å². The van der Waals surface area contributed by atoms with E-state index in [1.54, 1.807) is 12.4 Å². The summed E-state index contributed by atoms with van der Waals surface area (Å²) in [5.41, 5.74) is 0.923. The smallest absolute Gasteiger partial charge is 0.257 e. The fourth-order valence-electron chi connectivity index (χ4n) is 3.86. The van der Waals surface area contributed by atoms with Crippen molar-refractivity contribution in [1.82, 2.24) is 9.97 Å². The summed E-state index contributed by atoms with van der Waals surface area (Å²) in [5.74, 6) is 0.697. The van der Waals surface area contributed by atoms with Crippen LogP contribution in [0.5, 0.6) is 5.75 Å². The van der Waals surface area contributed by atoms with E-state index >= 15 is 0 Å². The highest BCUT2D eigenvalue weighted by atomic mass is 32.1. The van der Waals surface area contributed by atoms with Crippen LogP contribution in [0.15, 0.2) is 24.5 Å². The molecule has 1 N–H and O–H groups in total. The molecule has 1 unspecified atom stereocenters. The standard InChI is InChI=1S/C21H23FN4O2S/c1-12-5-4-8-26(10-12)19-18-17(13(2)29-21(18)24-11-23-19)20(27)25-14-6-7-16(28-3)15(22)9-14/h6-7,9,11-12H,4-5,8,10H2,1-3H3,(H,25,27). The number of methoxy groups -OCH3 is 1. The van der Waals surface area contributed by atoms with E-state index in [-0.39, 0.29) is 11.7 Å². The van der Waals surface area contributed by atoms with Gasteiger partial charge in [0.05, 0.1) is 18.1 Å². The van der Waals surface area contributed by atoms with Gasteiger partial charge in [-0.25, -0.2) is 14.4 Å². The Kier molecular flexibility index (Phi) is 5.36. The summed E-state index contributed by atoms with van der Waals surface area (Å²) in [5, 5.41) is 3.58. The lowest BCUT2D eigenvalue weighted by Crippen LogP contribution is -2.35. The number of hydrogen-bond donors (Lipinski definition) is 1. The maximum absolute atomic E-state index is 14.0. The highest BCUT2D eigenvalue weighted by Gasteiger charge is 2.26. The second-order valence-electron chi connectivity index (χ2n) is 7.41. The van der Waals surface area contributed by atoms with Crippen LogP contribution >= 0.6 is 11.3 Å². The highest BCUT2D eigenvalue weighted by Crippen LogP contribution is 2.37.